The molecule has 0 N–H and O–H groups in total. The van der Waals surface area contributed by atoms with Gasteiger partial charge in [-0.1, -0.05) is 117 Å². The fourth-order valence-electron chi connectivity index (χ4n) is 6.64. The zero-order chi connectivity index (χ0) is 25.4. The van der Waals surface area contributed by atoms with Crippen molar-refractivity contribution in [2.24, 2.45) is 0 Å². The van der Waals surface area contributed by atoms with E-state index in [9.17, 15) is 0 Å². The Labute approximate surface area is 228 Å². The van der Waals surface area contributed by atoms with E-state index in [1.807, 2.05) is 0 Å². The lowest BCUT2D eigenvalue weighted by molar-refractivity contribution is 1.42. The molecular weight excluding hydrogens is 468 g/mol. The first-order chi connectivity index (χ1) is 18.7. The van der Waals surface area contributed by atoms with Crippen LogP contribution in [0.2, 0.25) is 0 Å². The minimum Gasteiger partial charge on any atom is -0.0776 e. The highest BCUT2D eigenvalue weighted by molar-refractivity contribution is 6.24. The van der Waals surface area contributed by atoms with E-state index >= 15 is 0 Å². The number of hydrogen-bond donors (Lipinski definition) is 0. The van der Waals surface area contributed by atoms with Crippen LogP contribution in [0.5, 0.6) is 0 Å². The summed E-state index contributed by atoms with van der Waals surface area (Å²) in [5.74, 6) is 0. The van der Waals surface area contributed by atoms with Crippen LogP contribution >= 0.6 is 0 Å². The van der Waals surface area contributed by atoms with Gasteiger partial charge < -0.3 is 0 Å². The lowest BCUT2D eigenvalue weighted by Gasteiger charge is -2.14. The Morgan fingerprint density at radius 3 is 0.949 bits per heavy atom. The van der Waals surface area contributed by atoms with Crippen LogP contribution in [0, 0.1) is 13.8 Å². The molecule has 0 saturated carbocycles. The number of fused-ring (bicyclic) bond motifs is 1. The maximum absolute atomic E-state index is 2.42. The van der Waals surface area contributed by atoms with E-state index in [-0.39, 0.29) is 7.43 Å². The summed E-state index contributed by atoms with van der Waals surface area (Å²) in [4.78, 5) is 0. The summed E-state index contributed by atoms with van der Waals surface area (Å²) < 4.78 is 0. The molecule has 9 aromatic rings. The number of aryl methyl sites for hydroxylation is 2. The second-order valence-corrected chi connectivity index (χ2v) is 10.6. The van der Waals surface area contributed by atoms with Crippen LogP contribution in [0.3, 0.4) is 0 Å². The third-order valence-corrected chi connectivity index (χ3v) is 8.68. The van der Waals surface area contributed by atoms with Gasteiger partial charge >= 0.3 is 0 Å². The number of benzene rings is 7. The van der Waals surface area contributed by atoms with Gasteiger partial charge in [0, 0.05) is 0 Å². The average molecular weight is 499 g/mol. The van der Waals surface area contributed by atoms with Crippen LogP contribution in [0.1, 0.15) is 18.6 Å². The van der Waals surface area contributed by atoms with Crippen molar-refractivity contribution in [2.75, 3.05) is 0 Å². The quantitative estimate of drug-likeness (QED) is 0.182. The molecule has 9 rings (SSSR count). The molecule has 0 spiro atoms. The summed E-state index contributed by atoms with van der Waals surface area (Å²) in [6.45, 7) is 4.53. The molecule has 0 aliphatic rings. The predicted molar refractivity (Wildman–Crippen MR) is 174 cm³/mol. The molecule has 0 amide bonds. The first-order valence-electron chi connectivity index (χ1n) is 13.4. The smallest absolute Gasteiger partial charge is 0.00962 e. The molecule has 0 heteroatoms. The monoisotopic (exact) mass is 498 g/mol. The molecule has 9 aromatic carbocycles. The fraction of sp³-hybridized carbons (Fsp3) is 0.0769. The van der Waals surface area contributed by atoms with Crippen molar-refractivity contribution in [2.45, 2.75) is 21.3 Å². The van der Waals surface area contributed by atoms with Crippen molar-refractivity contribution >= 4 is 75.4 Å². The highest BCUT2D eigenvalue weighted by Crippen LogP contribution is 2.38. The van der Waals surface area contributed by atoms with Crippen LogP contribution in [0.15, 0.2) is 121 Å². The van der Waals surface area contributed by atoms with E-state index in [0.29, 0.717) is 0 Å². The third-order valence-electron chi connectivity index (χ3n) is 8.68. The molecule has 0 fully saturated rings. The van der Waals surface area contributed by atoms with Gasteiger partial charge in [0.15, 0.2) is 0 Å². The fourth-order valence-corrected chi connectivity index (χ4v) is 6.64. The average Bonchev–Trinajstić information content (AvgIpc) is 2.98. The van der Waals surface area contributed by atoms with Crippen molar-refractivity contribution in [3.8, 4) is 0 Å². The normalized spacial score (nSPS) is 11.6. The summed E-state index contributed by atoms with van der Waals surface area (Å²) in [7, 11) is 0. The van der Waals surface area contributed by atoms with Crippen LogP contribution in [-0.2, 0) is 0 Å². The van der Waals surface area contributed by atoms with Crippen LogP contribution in [0.25, 0.3) is 75.4 Å². The number of hydrogen-bond acceptors (Lipinski definition) is 0. The van der Waals surface area contributed by atoms with E-state index in [0.717, 1.165) is 0 Å². The molecule has 0 unspecified atom stereocenters. The molecule has 0 aliphatic carbocycles. The Bertz CT molecular complexity index is 2140. The van der Waals surface area contributed by atoms with Gasteiger partial charge in [-0.3, -0.25) is 0 Å². The topological polar surface area (TPSA) is 0 Å². The van der Waals surface area contributed by atoms with E-state index < -0.39 is 0 Å². The second-order valence-electron chi connectivity index (χ2n) is 10.6. The molecule has 0 saturated heterocycles. The van der Waals surface area contributed by atoms with E-state index in [2.05, 4.69) is 135 Å². The van der Waals surface area contributed by atoms with Gasteiger partial charge in [0.25, 0.3) is 0 Å². The highest BCUT2D eigenvalue weighted by Gasteiger charge is 2.12. The standard InChI is InChI=1S/C38H26.CH4/c1-23-24(2)28-18-16-26-22-38(28)37-21-25(15-17-27(23)37)29-9-3-5-11-31(29)35-19-20-36(32-12-6-4-10-30(26)32)34-14-8-7-13-33(34)35;/h3-22H,1-2H3;1H4. The maximum atomic E-state index is 2.42. The van der Waals surface area contributed by atoms with E-state index in [1.165, 1.54) is 86.5 Å². The maximum Gasteiger partial charge on any atom is -0.00962 e. The summed E-state index contributed by atoms with van der Waals surface area (Å²) in [5, 5.41) is 18.0. The first-order valence-corrected chi connectivity index (χ1v) is 13.4. The van der Waals surface area contributed by atoms with Crippen LogP contribution in [-0.4, -0.2) is 0 Å². The van der Waals surface area contributed by atoms with Gasteiger partial charge in [0.05, 0.1) is 0 Å². The molecule has 0 atom stereocenters. The van der Waals surface area contributed by atoms with Gasteiger partial charge in [-0.05, 0) is 113 Å². The predicted octanol–water partition coefficient (Wildman–Crippen LogP) is 11.6. The Balaban J connectivity index is 0.00000253. The Morgan fingerprint density at radius 2 is 0.564 bits per heavy atom. The summed E-state index contributed by atoms with van der Waals surface area (Å²) in [5.41, 5.74) is 2.73. The van der Waals surface area contributed by atoms with Gasteiger partial charge in [0.2, 0.25) is 0 Å². The summed E-state index contributed by atoms with van der Waals surface area (Å²) in [6.07, 6.45) is 0. The first kappa shape index (κ1) is 23.4. The molecule has 0 radical (unpaired) electrons. The molecule has 0 heterocycles. The zero-order valence-electron chi connectivity index (χ0n) is 21.5. The highest BCUT2D eigenvalue weighted by atomic mass is 14.2. The van der Waals surface area contributed by atoms with Gasteiger partial charge in [-0.25, -0.2) is 0 Å². The minimum atomic E-state index is 0. The van der Waals surface area contributed by atoms with E-state index in [1.54, 1.807) is 0 Å². The molecular formula is C39H30. The lowest BCUT2D eigenvalue weighted by Crippen LogP contribution is -1.89. The molecule has 39 heavy (non-hydrogen) atoms. The molecule has 0 nitrogen and oxygen atoms in total. The summed E-state index contributed by atoms with van der Waals surface area (Å²) >= 11 is 0. The zero-order valence-corrected chi connectivity index (χ0v) is 21.5. The molecule has 186 valence electrons. The van der Waals surface area contributed by atoms with Gasteiger partial charge in [0.1, 0.15) is 0 Å². The summed E-state index contributed by atoms with van der Waals surface area (Å²) in [6, 6.07) is 45.4. The van der Waals surface area contributed by atoms with Crippen LogP contribution in [0.4, 0.5) is 0 Å². The van der Waals surface area contributed by atoms with Crippen molar-refractivity contribution in [3.05, 3.63) is 132 Å². The molecule has 6 bridgehead atoms. The Kier molecular flexibility index (Phi) is 5.22. The minimum absolute atomic E-state index is 0. The van der Waals surface area contributed by atoms with Crippen molar-refractivity contribution in [1.29, 1.82) is 0 Å². The largest absolute Gasteiger partial charge is 0.0776 e. The lowest BCUT2D eigenvalue weighted by atomic mass is 9.90. The van der Waals surface area contributed by atoms with E-state index in [4.69, 9.17) is 0 Å². The van der Waals surface area contributed by atoms with Crippen LogP contribution < -0.4 is 0 Å². The van der Waals surface area contributed by atoms with Crippen molar-refractivity contribution in [3.63, 3.8) is 0 Å². The SMILES string of the molecule is C.Cc1c(C)c2ccc3cc2c2cc(ccc12)c1ccccc1c1ccc(c2ccccc32)c2ccccc12. The van der Waals surface area contributed by atoms with Crippen molar-refractivity contribution in [1.82, 2.24) is 0 Å². The second kappa shape index (κ2) is 8.68. The third kappa shape index (κ3) is 3.31. The molecule has 0 aromatic heterocycles. The van der Waals surface area contributed by atoms with Crippen molar-refractivity contribution < 1.29 is 0 Å². The van der Waals surface area contributed by atoms with Gasteiger partial charge in [-0.2, -0.15) is 0 Å². The molecule has 0 aliphatic heterocycles. The number of rotatable bonds is 0. The Morgan fingerprint density at radius 1 is 0.282 bits per heavy atom. The Hall–Kier alpha value is -4.68. The van der Waals surface area contributed by atoms with Gasteiger partial charge in [-0.15, -0.1) is 0 Å².